The monoisotopic (exact) mass is 217 g/mol. The van der Waals surface area contributed by atoms with Gasteiger partial charge in [-0.1, -0.05) is 13.8 Å². The van der Waals surface area contributed by atoms with Crippen molar-refractivity contribution in [3.8, 4) is 0 Å². The largest absolute Gasteiger partial charge is 0.311 e. The molecule has 4 heteroatoms. The molecule has 2 fully saturated rings. The third-order valence-electron chi connectivity index (χ3n) is 3.77. The topological polar surface area (TPSA) is 46.2 Å². The minimum Gasteiger partial charge on any atom is -0.311 e. The van der Waals surface area contributed by atoms with Crippen LogP contribution in [0, 0.1) is 11.3 Å². The van der Waals surface area contributed by atoms with Crippen molar-refractivity contribution in [2.75, 3.05) is 18.1 Å². The van der Waals surface area contributed by atoms with E-state index >= 15 is 0 Å². The summed E-state index contributed by atoms with van der Waals surface area (Å²) in [7, 11) is -2.66. The molecule has 0 atom stereocenters. The molecule has 1 aliphatic carbocycles. The molecule has 1 N–H and O–H groups in total. The van der Waals surface area contributed by atoms with Gasteiger partial charge in [-0.25, -0.2) is 8.42 Å². The summed E-state index contributed by atoms with van der Waals surface area (Å²) in [5.74, 6) is 1.41. The Hall–Kier alpha value is -0.0900. The van der Waals surface area contributed by atoms with E-state index in [0.717, 1.165) is 6.54 Å². The fraction of sp³-hybridized carbons (Fsp3) is 1.00. The van der Waals surface area contributed by atoms with Gasteiger partial charge < -0.3 is 5.32 Å². The first kappa shape index (κ1) is 10.4. The van der Waals surface area contributed by atoms with Crippen LogP contribution in [0.5, 0.6) is 0 Å². The molecule has 0 bridgehead atoms. The summed E-state index contributed by atoms with van der Waals surface area (Å²) in [5.41, 5.74) is 0.485. The average molecular weight is 217 g/mol. The summed E-state index contributed by atoms with van der Waals surface area (Å²) in [5, 5.41) is 3.38. The van der Waals surface area contributed by atoms with E-state index in [9.17, 15) is 8.42 Å². The van der Waals surface area contributed by atoms with Crippen LogP contribution in [0.2, 0.25) is 0 Å². The fourth-order valence-electron chi connectivity index (χ4n) is 2.15. The summed E-state index contributed by atoms with van der Waals surface area (Å²) in [4.78, 5) is 0. The summed E-state index contributed by atoms with van der Waals surface area (Å²) < 4.78 is 21.9. The summed E-state index contributed by atoms with van der Waals surface area (Å²) in [6.07, 6.45) is 2.61. The Bertz CT molecular complexity index is 305. The molecule has 0 aromatic heterocycles. The molecule has 2 rings (SSSR count). The van der Waals surface area contributed by atoms with E-state index in [1.54, 1.807) is 0 Å². The Morgan fingerprint density at radius 1 is 1.36 bits per heavy atom. The maximum Gasteiger partial charge on any atom is 0.153 e. The Balaban J connectivity index is 1.74. The van der Waals surface area contributed by atoms with Gasteiger partial charge in [0.1, 0.15) is 0 Å². The lowest BCUT2D eigenvalue weighted by atomic mass is 9.92. The van der Waals surface area contributed by atoms with Crippen LogP contribution in [-0.4, -0.2) is 32.5 Å². The number of hydrogen-bond donors (Lipinski definition) is 1. The second-order valence-electron chi connectivity index (χ2n) is 5.17. The van der Waals surface area contributed by atoms with E-state index in [2.05, 4.69) is 19.2 Å². The van der Waals surface area contributed by atoms with Gasteiger partial charge in [0.05, 0.1) is 11.5 Å². The van der Waals surface area contributed by atoms with Crippen LogP contribution >= 0.6 is 0 Å². The van der Waals surface area contributed by atoms with Gasteiger partial charge in [0.25, 0.3) is 0 Å². The van der Waals surface area contributed by atoms with E-state index in [1.165, 1.54) is 12.8 Å². The Morgan fingerprint density at radius 3 is 2.29 bits per heavy atom. The number of sulfone groups is 1. The lowest BCUT2D eigenvalue weighted by molar-refractivity contribution is 0.324. The molecule has 82 valence electrons. The van der Waals surface area contributed by atoms with Crippen molar-refractivity contribution in [1.82, 2.24) is 5.32 Å². The highest BCUT2D eigenvalue weighted by atomic mass is 32.2. The first-order chi connectivity index (χ1) is 6.44. The van der Waals surface area contributed by atoms with Crippen LogP contribution in [0.1, 0.15) is 26.7 Å². The molecule has 0 aromatic carbocycles. The van der Waals surface area contributed by atoms with Gasteiger partial charge in [-0.2, -0.15) is 0 Å². The second-order valence-corrected chi connectivity index (χ2v) is 7.33. The van der Waals surface area contributed by atoms with Crippen molar-refractivity contribution in [2.24, 2.45) is 11.3 Å². The van der Waals surface area contributed by atoms with E-state index < -0.39 is 9.84 Å². The lowest BCUT2D eigenvalue weighted by Crippen LogP contribution is -2.52. The molecule has 0 amide bonds. The van der Waals surface area contributed by atoms with Gasteiger partial charge in [-0.05, 0) is 24.2 Å². The zero-order valence-electron chi connectivity index (χ0n) is 8.91. The molecule has 0 spiro atoms. The fourth-order valence-corrected chi connectivity index (χ4v) is 3.51. The third kappa shape index (κ3) is 1.96. The molecule has 0 unspecified atom stereocenters. The Morgan fingerprint density at radius 2 is 1.93 bits per heavy atom. The predicted molar refractivity (Wildman–Crippen MR) is 56.9 cm³/mol. The van der Waals surface area contributed by atoms with Crippen molar-refractivity contribution >= 4 is 9.84 Å². The van der Waals surface area contributed by atoms with E-state index in [0.29, 0.717) is 22.8 Å². The van der Waals surface area contributed by atoms with E-state index in [-0.39, 0.29) is 6.04 Å². The zero-order chi connectivity index (χ0) is 10.4. The van der Waals surface area contributed by atoms with Crippen LogP contribution in [0.3, 0.4) is 0 Å². The number of hydrogen-bond acceptors (Lipinski definition) is 3. The van der Waals surface area contributed by atoms with Crippen molar-refractivity contribution in [1.29, 1.82) is 0 Å². The van der Waals surface area contributed by atoms with Gasteiger partial charge in [0.15, 0.2) is 9.84 Å². The van der Waals surface area contributed by atoms with Crippen molar-refractivity contribution < 1.29 is 8.42 Å². The van der Waals surface area contributed by atoms with Gasteiger partial charge >= 0.3 is 0 Å². The van der Waals surface area contributed by atoms with Crippen LogP contribution in [-0.2, 0) is 9.84 Å². The number of rotatable bonds is 4. The van der Waals surface area contributed by atoms with Gasteiger partial charge in [-0.15, -0.1) is 0 Å². The van der Waals surface area contributed by atoms with Crippen molar-refractivity contribution in [3.63, 3.8) is 0 Å². The maximum absolute atomic E-state index is 10.9. The van der Waals surface area contributed by atoms with Crippen LogP contribution in [0.4, 0.5) is 0 Å². The van der Waals surface area contributed by atoms with E-state index in [1.807, 2.05) is 0 Å². The SMILES string of the molecule is CC(C)C1(CNC2CS(=O)(=O)C2)CC1. The Kier molecular flexibility index (Phi) is 2.39. The third-order valence-corrected chi connectivity index (χ3v) is 5.59. The molecule has 1 saturated heterocycles. The normalized spacial score (nSPS) is 28.8. The average Bonchev–Trinajstić information content (AvgIpc) is 2.77. The molecule has 14 heavy (non-hydrogen) atoms. The predicted octanol–water partition coefficient (Wildman–Crippen LogP) is 0.809. The molecule has 1 aliphatic heterocycles. The van der Waals surface area contributed by atoms with Gasteiger partial charge in [0.2, 0.25) is 0 Å². The number of nitrogens with one attached hydrogen (secondary N) is 1. The van der Waals surface area contributed by atoms with Crippen molar-refractivity contribution in [2.45, 2.75) is 32.7 Å². The van der Waals surface area contributed by atoms with Gasteiger partial charge in [0, 0.05) is 12.6 Å². The van der Waals surface area contributed by atoms with Gasteiger partial charge in [-0.3, -0.25) is 0 Å². The highest BCUT2D eigenvalue weighted by molar-refractivity contribution is 7.92. The summed E-state index contributed by atoms with van der Waals surface area (Å²) in [6.45, 7) is 5.52. The summed E-state index contributed by atoms with van der Waals surface area (Å²) in [6, 6.07) is 0.233. The maximum atomic E-state index is 10.9. The highest BCUT2D eigenvalue weighted by Crippen LogP contribution is 2.51. The molecule has 1 heterocycles. The minimum absolute atomic E-state index is 0.233. The molecule has 1 saturated carbocycles. The van der Waals surface area contributed by atoms with Crippen molar-refractivity contribution in [3.05, 3.63) is 0 Å². The molecule has 2 aliphatic rings. The minimum atomic E-state index is -2.66. The van der Waals surface area contributed by atoms with Crippen LogP contribution in [0.25, 0.3) is 0 Å². The quantitative estimate of drug-likeness (QED) is 0.758. The first-order valence-corrected chi connectivity index (χ1v) is 7.19. The standard InChI is InChI=1S/C10H19NO2S/c1-8(2)10(3-4-10)7-11-9-5-14(12,13)6-9/h8-9,11H,3-7H2,1-2H3. The molecular weight excluding hydrogens is 198 g/mol. The molecule has 0 radical (unpaired) electrons. The molecule has 0 aromatic rings. The highest BCUT2D eigenvalue weighted by Gasteiger charge is 2.46. The summed E-state index contributed by atoms with van der Waals surface area (Å²) >= 11 is 0. The smallest absolute Gasteiger partial charge is 0.153 e. The lowest BCUT2D eigenvalue weighted by Gasteiger charge is -2.30. The molecule has 3 nitrogen and oxygen atoms in total. The van der Waals surface area contributed by atoms with Crippen LogP contribution in [0.15, 0.2) is 0 Å². The second kappa shape index (κ2) is 3.20. The first-order valence-electron chi connectivity index (χ1n) is 5.37. The Labute approximate surface area is 86.2 Å². The van der Waals surface area contributed by atoms with E-state index in [4.69, 9.17) is 0 Å². The van der Waals surface area contributed by atoms with Crippen LogP contribution < -0.4 is 5.32 Å². The molecular formula is C10H19NO2S. The zero-order valence-corrected chi connectivity index (χ0v) is 9.73.